The molecule has 0 heterocycles. The highest BCUT2D eigenvalue weighted by Crippen LogP contribution is 1.98. The average molecular weight is 157 g/mol. The first-order valence-corrected chi connectivity index (χ1v) is 4.00. The van der Waals surface area contributed by atoms with Gasteiger partial charge in [-0.3, -0.25) is 4.79 Å². The number of hydrogen-bond donors (Lipinski definition) is 1. The van der Waals surface area contributed by atoms with Crippen LogP contribution in [0.2, 0.25) is 0 Å². The molecule has 0 bridgehead atoms. The summed E-state index contributed by atoms with van der Waals surface area (Å²) in [5, 5.41) is 11.4. The molecule has 3 heteroatoms. The van der Waals surface area contributed by atoms with Crippen molar-refractivity contribution in [2.75, 3.05) is 0 Å². The first-order chi connectivity index (χ1) is 5.26. The van der Waals surface area contributed by atoms with Gasteiger partial charge in [-0.15, -0.1) is 0 Å². The molecule has 0 aliphatic carbocycles. The van der Waals surface area contributed by atoms with Crippen molar-refractivity contribution in [2.24, 2.45) is 5.16 Å². The van der Waals surface area contributed by atoms with Crippen molar-refractivity contribution in [3.05, 3.63) is 0 Å². The van der Waals surface area contributed by atoms with Crippen LogP contribution >= 0.6 is 0 Å². The number of nitrogens with zero attached hydrogens (tertiary/aromatic N) is 1. The summed E-state index contributed by atoms with van der Waals surface area (Å²) in [7, 11) is 0. The monoisotopic (exact) mass is 157 g/mol. The number of oxime groups is 1. The highest BCUT2D eigenvalue weighted by atomic mass is 16.4. The summed E-state index contributed by atoms with van der Waals surface area (Å²) in [5.74, 6) is -0.0307. The third-order valence-corrected chi connectivity index (χ3v) is 1.41. The maximum atomic E-state index is 11.1. The van der Waals surface area contributed by atoms with Crippen LogP contribution < -0.4 is 0 Å². The number of ketones is 1. The predicted molar refractivity (Wildman–Crippen MR) is 44.0 cm³/mol. The maximum absolute atomic E-state index is 11.1. The topological polar surface area (TPSA) is 49.7 Å². The summed E-state index contributed by atoms with van der Waals surface area (Å²) in [4.78, 5) is 11.1. The zero-order valence-corrected chi connectivity index (χ0v) is 7.13. The Hall–Kier alpha value is -0.860. The Labute approximate surface area is 67.1 Å². The molecular weight excluding hydrogens is 142 g/mol. The van der Waals surface area contributed by atoms with Crippen molar-refractivity contribution in [3.8, 4) is 0 Å². The summed E-state index contributed by atoms with van der Waals surface area (Å²) < 4.78 is 0. The van der Waals surface area contributed by atoms with Gasteiger partial charge in [0.1, 0.15) is 5.71 Å². The number of hydrogen-bond acceptors (Lipinski definition) is 3. The Morgan fingerprint density at radius 2 is 1.82 bits per heavy atom. The second-order valence-electron chi connectivity index (χ2n) is 2.47. The van der Waals surface area contributed by atoms with Crippen LogP contribution in [0.5, 0.6) is 0 Å². The first-order valence-electron chi connectivity index (χ1n) is 4.00. The molecule has 0 aromatic rings. The van der Waals surface area contributed by atoms with Gasteiger partial charge in [0.15, 0.2) is 5.78 Å². The van der Waals surface area contributed by atoms with Gasteiger partial charge in [0.25, 0.3) is 0 Å². The fourth-order valence-corrected chi connectivity index (χ4v) is 0.853. The highest BCUT2D eigenvalue weighted by Gasteiger charge is 2.08. The van der Waals surface area contributed by atoms with Gasteiger partial charge in [-0.2, -0.15) is 0 Å². The van der Waals surface area contributed by atoms with Crippen LogP contribution in [0.1, 0.15) is 39.5 Å². The molecule has 3 nitrogen and oxygen atoms in total. The molecule has 0 amide bonds. The zero-order valence-electron chi connectivity index (χ0n) is 7.13. The summed E-state index contributed by atoms with van der Waals surface area (Å²) in [6.45, 7) is 3.88. The highest BCUT2D eigenvalue weighted by molar-refractivity contribution is 6.39. The van der Waals surface area contributed by atoms with E-state index in [-0.39, 0.29) is 5.78 Å². The summed E-state index contributed by atoms with van der Waals surface area (Å²) in [5.41, 5.74) is 0.314. The Balaban J connectivity index is 3.94. The van der Waals surface area contributed by atoms with E-state index in [9.17, 15) is 4.79 Å². The molecule has 0 aliphatic rings. The van der Waals surface area contributed by atoms with Crippen LogP contribution in [0.3, 0.4) is 0 Å². The average Bonchev–Trinajstić information content (AvgIpc) is 2.00. The standard InChI is InChI=1S/C8H15NO2/c1-3-5-7(9-11)8(10)6-4-2/h11H,3-6H2,1-2H3. The van der Waals surface area contributed by atoms with Crippen LogP contribution in [-0.2, 0) is 4.79 Å². The SMILES string of the molecule is CCCC(=O)C(CCC)=NO. The molecule has 11 heavy (non-hydrogen) atoms. The molecular formula is C8H15NO2. The predicted octanol–water partition coefficient (Wildman–Crippen LogP) is 1.99. The minimum Gasteiger partial charge on any atom is -0.411 e. The molecule has 0 rings (SSSR count). The molecule has 0 aliphatic heterocycles. The van der Waals surface area contributed by atoms with E-state index in [1.807, 2.05) is 13.8 Å². The Morgan fingerprint density at radius 1 is 1.27 bits per heavy atom. The van der Waals surface area contributed by atoms with Crippen molar-refractivity contribution in [1.29, 1.82) is 0 Å². The molecule has 0 aromatic carbocycles. The van der Waals surface area contributed by atoms with E-state index in [0.29, 0.717) is 18.6 Å². The molecule has 1 N–H and O–H groups in total. The molecule has 0 atom stereocenters. The lowest BCUT2D eigenvalue weighted by Crippen LogP contribution is -2.13. The molecule has 0 saturated heterocycles. The second kappa shape index (κ2) is 5.89. The molecule has 0 radical (unpaired) electrons. The number of rotatable bonds is 5. The van der Waals surface area contributed by atoms with Gasteiger partial charge in [-0.1, -0.05) is 25.4 Å². The van der Waals surface area contributed by atoms with E-state index in [0.717, 1.165) is 12.8 Å². The van der Waals surface area contributed by atoms with E-state index in [1.54, 1.807) is 0 Å². The third kappa shape index (κ3) is 3.75. The number of carbonyl (C=O) groups is 1. The molecule has 0 spiro atoms. The van der Waals surface area contributed by atoms with Gasteiger partial charge in [0.05, 0.1) is 0 Å². The van der Waals surface area contributed by atoms with Crippen LogP contribution in [-0.4, -0.2) is 16.7 Å². The summed E-state index contributed by atoms with van der Waals surface area (Å²) >= 11 is 0. The van der Waals surface area contributed by atoms with Crippen molar-refractivity contribution >= 4 is 11.5 Å². The van der Waals surface area contributed by atoms with E-state index < -0.39 is 0 Å². The van der Waals surface area contributed by atoms with E-state index in [1.165, 1.54) is 0 Å². The summed E-state index contributed by atoms with van der Waals surface area (Å²) in [6, 6.07) is 0. The largest absolute Gasteiger partial charge is 0.411 e. The van der Waals surface area contributed by atoms with E-state index >= 15 is 0 Å². The lowest BCUT2D eigenvalue weighted by Gasteiger charge is -1.98. The number of Topliss-reactive ketones (excluding diaryl/α,β-unsaturated/α-hetero) is 1. The van der Waals surface area contributed by atoms with Gasteiger partial charge < -0.3 is 5.21 Å². The lowest BCUT2D eigenvalue weighted by atomic mass is 10.1. The van der Waals surface area contributed by atoms with Crippen molar-refractivity contribution in [2.45, 2.75) is 39.5 Å². The number of carbonyl (C=O) groups excluding carboxylic acids is 1. The van der Waals surface area contributed by atoms with Gasteiger partial charge in [0.2, 0.25) is 0 Å². The van der Waals surface area contributed by atoms with E-state index in [4.69, 9.17) is 5.21 Å². The first kappa shape index (κ1) is 10.1. The van der Waals surface area contributed by atoms with Crippen LogP contribution in [0.4, 0.5) is 0 Å². The zero-order chi connectivity index (χ0) is 8.69. The quantitative estimate of drug-likeness (QED) is 0.377. The molecule has 64 valence electrons. The van der Waals surface area contributed by atoms with Crippen LogP contribution in [0.15, 0.2) is 5.16 Å². The van der Waals surface area contributed by atoms with E-state index in [2.05, 4.69) is 5.16 Å². The Kier molecular flexibility index (Phi) is 5.43. The minimum absolute atomic E-state index is 0.0307. The van der Waals surface area contributed by atoms with Gasteiger partial charge in [-0.25, -0.2) is 0 Å². The molecule has 0 aromatic heterocycles. The van der Waals surface area contributed by atoms with Gasteiger partial charge >= 0.3 is 0 Å². The lowest BCUT2D eigenvalue weighted by molar-refractivity contribution is -0.113. The molecule has 0 saturated carbocycles. The van der Waals surface area contributed by atoms with Crippen molar-refractivity contribution in [3.63, 3.8) is 0 Å². The second-order valence-corrected chi connectivity index (χ2v) is 2.47. The fourth-order valence-electron chi connectivity index (χ4n) is 0.853. The smallest absolute Gasteiger partial charge is 0.180 e. The third-order valence-electron chi connectivity index (χ3n) is 1.41. The van der Waals surface area contributed by atoms with Gasteiger partial charge in [0, 0.05) is 6.42 Å². The Morgan fingerprint density at radius 3 is 2.18 bits per heavy atom. The van der Waals surface area contributed by atoms with Crippen molar-refractivity contribution in [1.82, 2.24) is 0 Å². The molecule has 0 unspecified atom stereocenters. The van der Waals surface area contributed by atoms with Crippen molar-refractivity contribution < 1.29 is 10.0 Å². The van der Waals surface area contributed by atoms with Gasteiger partial charge in [-0.05, 0) is 12.8 Å². The van der Waals surface area contributed by atoms with Crippen LogP contribution in [0.25, 0.3) is 0 Å². The maximum Gasteiger partial charge on any atom is 0.180 e. The molecule has 0 fully saturated rings. The fraction of sp³-hybridized carbons (Fsp3) is 0.750. The normalized spacial score (nSPS) is 11.6. The Bertz CT molecular complexity index is 152. The van der Waals surface area contributed by atoms with Crippen LogP contribution in [0, 0.1) is 0 Å². The minimum atomic E-state index is -0.0307. The summed E-state index contributed by atoms with van der Waals surface area (Å²) in [6.07, 6.45) is 2.71.